The maximum atomic E-state index is 12.1. The lowest BCUT2D eigenvalue weighted by atomic mass is 10.1. The van der Waals surface area contributed by atoms with Gasteiger partial charge in [0.05, 0.1) is 12.7 Å². The summed E-state index contributed by atoms with van der Waals surface area (Å²) >= 11 is 0. The van der Waals surface area contributed by atoms with E-state index in [-0.39, 0.29) is 11.5 Å². The molecular weight excluding hydrogens is 310 g/mol. The summed E-state index contributed by atoms with van der Waals surface area (Å²) in [6, 6.07) is 6.42. The second kappa shape index (κ2) is 7.68. The van der Waals surface area contributed by atoms with Gasteiger partial charge in [-0.15, -0.1) is 0 Å². The minimum Gasteiger partial charge on any atom is -0.496 e. The van der Waals surface area contributed by atoms with E-state index in [0.29, 0.717) is 24.5 Å². The lowest BCUT2D eigenvalue weighted by Crippen LogP contribution is -2.25. The van der Waals surface area contributed by atoms with Crippen LogP contribution in [0, 0.1) is 6.92 Å². The van der Waals surface area contributed by atoms with Crippen LogP contribution in [0.1, 0.15) is 44.7 Å². The van der Waals surface area contributed by atoms with Crippen LogP contribution < -0.4 is 10.1 Å². The molecule has 6 nitrogen and oxygen atoms in total. The number of carboxylic acids is 1. The molecule has 1 aromatic heterocycles. The molecule has 0 aliphatic carbocycles. The smallest absolute Gasteiger partial charge is 0.335 e. The first kappa shape index (κ1) is 17.6. The number of rotatable bonds is 7. The summed E-state index contributed by atoms with van der Waals surface area (Å²) in [5.74, 6) is 0.335. The molecule has 0 radical (unpaired) electrons. The molecule has 0 atom stereocenters. The third-order valence-corrected chi connectivity index (χ3v) is 3.78. The number of hydrogen-bond acceptors (Lipinski definition) is 4. The first-order valence-electron chi connectivity index (χ1n) is 7.74. The van der Waals surface area contributed by atoms with Gasteiger partial charge in [0.1, 0.15) is 11.5 Å². The Morgan fingerprint density at radius 2 is 2.04 bits per heavy atom. The Morgan fingerprint density at radius 3 is 2.62 bits per heavy atom. The third-order valence-electron chi connectivity index (χ3n) is 3.78. The normalized spacial score (nSPS) is 10.5. The monoisotopic (exact) mass is 331 g/mol. The van der Waals surface area contributed by atoms with E-state index >= 15 is 0 Å². The first-order valence-corrected chi connectivity index (χ1v) is 7.74. The van der Waals surface area contributed by atoms with Crippen molar-refractivity contribution in [3.63, 3.8) is 0 Å². The molecule has 0 unspecified atom stereocenters. The number of ether oxygens (including phenoxy) is 1. The highest BCUT2D eigenvalue weighted by molar-refractivity contribution is 5.91. The minimum atomic E-state index is -1.01. The second-order valence-electron chi connectivity index (χ2n) is 5.41. The quantitative estimate of drug-likeness (QED) is 0.814. The van der Waals surface area contributed by atoms with Gasteiger partial charge in [0.25, 0.3) is 5.91 Å². The van der Waals surface area contributed by atoms with Crippen molar-refractivity contribution in [2.24, 2.45) is 0 Å². The van der Waals surface area contributed by atoms with Gasteiger partial charge in [0.2, 0.25) is 0 Å². The molecule has 6 heteroatoms. The number of carbonyl (C=O) groups is 2. The van der Waals surface area contributed by atoms with E-state index in [1.807, 2.05) is 13.8 Å². The predicted molar refractivity (Wildman–Crippen MR) is 88.8 cm³/mol. The number of aryl methyl sites for hydroxylation is 2. The van der Waals surface area contributed by atoms with E-state index in [1.54, 1.807) is 12.1 Å². The third kappa shape index (κ3) is 3.95. The van der Waals surface area contributed by atoms with Gasteiger partial charge in [-0.2, -0.15) is 0 Å². The predicted octanol–water partition coefficient (Wildman–Crippen LogP) is 2.83. The highest BCUT2D eigenvalue weighted by atomic mass is 16.5. The largest absolute Gasteiger partial charge is 0.496 e. The van der Waals surface area contributed by atoms with Crippen LogP contribution in [0.2, 0.25) is 0 Å². The fourth-order valence-electron chi connectivity index (χ4n) is 2.46. The fraction of sp³-hybridized carbons (Fsp3) is 0.333. The molecule has 0 aliphatic heterocycles. The summed E-state index contributed by atoms with van der Waals surface area (Å²) < 4.78 is 10.7. The van der Waals surface area contributed by atoms with Crippen molar-refractivity contribution >= 4 is 11.9 Å². The van der Waals surface area contributed by atoms with E-state index in [4.69, 9.17) is 14.3 Å². The fourth-order valence-corrected chi connectivity index (χ4v) is 2.46. The molecule has 0 saturated heterocycles. The van der Waals surface area contributed by atoms with Gasteiger partial charge in [-0.3, -0.25) is 4.79 Å². The van der Waals surface area contributed by atoms with Crippen LogP contribution in [-0.4, -0.2) is 30.6 Å². The molecule has 2 rings (SSSR count). The van der Waals surface area contributed by atoms with Crippen molar-refractivity contribution in [1.29, 1.82) is 0 Å². The summed E-state index contributed by atoms with van der Waals surface area (Å²) in [7, 11) is 1.49. The van der Waals surface area contributed by atoms with Crippen molar-refractivity contribution in [3.8, 4) is 5.75 Å². The van der Waals surface area contributed by atoms with Crippen molar-refractivity contribution < 1.29 is 23.8 Å². The van der Waals surface area contributed by atoms with Crippen LogP contribution in [0.15, 0.2) is 28.7 Å². The Hall–Kier alpha value is -2.76. The minimum absolute atomic E-state index is 0.165. The molecule has 0 bridgehead atoms. The lowest BCUT2D eigenvalue weighted by Gasteiger charge is -2.10. The van der Waals surface area contributed by atoms with Crippen LogP contribution in [-0.2, 0) is 12.8 Å². The van der Waals surface area contributed by atoms with Crippen molar-refractivity contribution in [3.05, 3.63) is 52.5 Å². The molecule has 0 fully saturated rings. The van der Waals surface area contributed by atoms with E-state index in [9.17, 15) is 9.59 Å². The Labute approximate surface area is 140 Å². The number of furan rings is 1. The topological polar surface area (TPSA) is 88.8 Å². The summed E-state index contributed by atoms with van der Waals surface area (Å²) in [4.78, 5) is 23.1. The number of nitrogens with one attached hydrogen (secondary N) is 1. The zero-order valence-corrected chi connectivity index (χ0v) is 14.0. The van der Waals surface area contributed by atoms with Crippen molar-refractivity contribution in [1.82, 2.24) is 5.32 Å². The summed E-state index contributed by atoms with van der Waals surface area (Å²) in [6.07, 6.45) is 1.27. The van der Waals surface area contributed by atoms with Crippen LogP contribution in [0.3, 0.4) is 0 Å². The van der Waals surface area contributed by atoms with Gasteiger partial charge in [0, 0.05) is 13.0 Å². The van der Waals surface area contributed by atoms with Crippen LogP contribution in [0.5, 0.6) is 5.75 Å². The molecule has 2 aromatic rings. The molecule has 0 saturated carbocycles. The Morgan fingerprint density at radius 1 is 1.29 bits per heavy atom. The number of aromatic carboxylic acids is 1. The van der Waals surface area contributed by atoms with Gasteiger partial charge in [-0.1, -0.05) is 13.0 Å². The van der Waals surface area contributed by atoms with E-state index in [1.165, 1.54) is 19.2 Å². The number of carboxylic acid groups (broad SMARTS) is 1. The molecular formula is C18H21NO5. The molecule has 0 spiro atoms. The average molecular weight is 331 g/mol. The molecule has 0 aliphatic rings. The van der Waals surface area contributed by atoms with Crippen LogP contribution in [0.4, 0.5) is 0 Å². The summed E-state index contributed by atoms with van der Waals surface area (Å²) in [5, 5.41) is 11.8. The molecule has 1 aromatic carbocycles. The van der Waals surface area contributed by atoms with Crippen molar-refractivity contribution in [2.75, 3.05) is 13.7 Å². The number of amides is 1. The maximum Gasteiger partial charge on any atom is 0.335 e. The van der Waals surface area contributed by atoms with Gasteiger partial charge >= 0.3 is 5.97 Å². The van der Waals surface area contributed by atoms with Crippen LogP contribution >= 0.6 is 0 Å². The molecule has 24 heavy (non-hydrogen) atoms. The Balaban J connectivity index is 1.98. The van der Waals surface area contributed by atoms with E-state index in [2.05, 4.69) is 5.32 Å². The van der Waals surface area contributed by atoms with Gasteiger partial charge in [-0.25, -0.2) is 4.79 Å². The zero-order chi connectivity index (χ0) is 17.7. The number of carbonyl (C=O) groups excluding carboxylic acids is 1. The average Bonchev–Trinajstić information content (AvgIpc) is 2.95. The van der Waals surface area contributed by atoms with E-state index < -0.39 is 5.97 Å². The molecule has 1 heterocycles. The lowest BCUT2D eigenvalue weighted by molar-refractivity contribution is 0.0696. The number of methoxy groups -OCH3 is 1. The van der Waals surface area contributed by atoms with Crippen molar-refractivity contribution in [2.45, 2.75) is 26.7 Å². The van der Waals surface area contributed by atoms with Gasteiger partial charge in [-0.05, 0) is 42.7 Å². The Bertz CT molecular complexity index is 748. The number of benzene rings is 1. The summed E-state index contributed by atoms with van der Waals surface area (Å²) in [6.45, 7) is 4.28. The zero-order valence-electron chi connectivity index (χ0n) is 14.0. The van der Waals surface area contributed by atoms with Gasteiger partial charge in [0.15, 0.2) is 5.76 Å². The molecule has 1 amide bonds. The number of hydrogen-bond donors (Lipinski definition) is 2. The highest BCUT2D eigenvalue weighted by Crippen LogP contribution is 2.21. The SMILES string of the molecule is CCc1oc(C(=O)NCCc2ccc(C(=O)O)cc2OC)cc1C. The highest BCUT2D eigenvalue weighted by Gasteiger charge is 2.14. The second-order valence-corrected chi connectivity index (χ2v) is 5.41. The van der Waals surface area contributed by atoms with Crippen LogP contribution in [0.25, 0.3) is 0 Å². The molecule has 128 valence electrons. The molecule has 2 N–H and O–H groups in total. The maximum absolute atomic E-state index is 12.1. The Kier molecular flexibility index (Phi) is 5.63. The van der Waals surface area contributed by atoms with E-state index in [0.717, 1.165) is 23.3 Å². The summed E-state index contributed by atoms with van der Waals surface area (Å²) in [5.41, 5.74) is 1.96. The first-order chi connectivity index (χ1) is 11.5. The van der Waals surface area contributed by atoms with Gasteiger partial charge < -0.3 is 19.6 Å². The standard InChI is InChI=1S/C18H21NO5/c1-4-14-11(2)9-16(24-14)17(20)19-8-7-12-5-6-13(18(21)22)10-15(12)23-3/h5-6,9-10H,4,7-8H2,1-3H3,(H,19,20)(H,21,22).